The zero-order chi connectivity index (χ0) is 24.9. The Bertz CT molecular complexity index is 1250. The number of aromatic nitrogens is 5. The number of hydrogen-bond acceptors (Lipinski definition) is 9. The molecule has 14 heteroatoms. The number of amides is 1. The maximum absolute atomic E-state index is 14.6. The molecule has 1 fully saturated rings. The van der Waals surface area contributed by atoms with Crippen molar-refractivity contribution in [3.8, 4) is 23.2 Å². The lowest BCUT2D eigenvalue weighted by molar-refractivity contribution is -0.138. The van der Waals surface area contributed by atoms with Gasteiger partial charge in [0.05, 0.1) is 30.2 Å². The van der Waals surface area contributed by atoms with Crippen LogP contribution in [0.1, 0.15) is 18.5 Å². The molecule has 2 N–H and O–H groups in total. The van der Waals surface area contributed by atoms with Crippen LogP contribution >= 0.6 is 0 Å². The highest BCUT2D eigenvalue weighted by molar-refractivity contribution is 5.77. The molecule has 1 aromatic carbocycles. The molecule has 35 heavy (non-hydrogen) atoms. The monoisotopic (exact) mass is 488 g/mol. The van der Waals surface area contributed by atoms with Crippen molar-refractivity contribution in [3.63, 3.8) is 0 Å². The SMILES string of the molecule is N#Cc1cc(-c2ncnc(Nc3cnn(C(F)F)c3)n2)ccc1O[C@H]1CCN(C(=O)CO)CC1F. The average Bonchev–Trinajstić information content (AvgIpc) is 3.34. The fourth-order valence-corrected chi connectivity index (χ4v) is 3.50. The van der Waals surface area contributed by atoms with Crippen molar-refractivity contribution in [2.24, 2.45) is 0 Å². The van der Waals surface area contributed by atoms with E-state index in [0.29, 0.717) is 10.2 Å². The Morgan fingerprint density at radius 1 is 1.37 bits per heavy atom. The summed E-state index contributed by atoms with van der Waals surface area (Å²) in [5.74, 6) is -0.113. The second-order valence-electron chi connectivity index (χ2n) is 7.53. The molecule has 1 unspecified atom stereocenters. The Morgan fingerprint density at radius 3 is 2.89 bits per heavy atom. The number of benzene rings is 1. The van der Waals surface area contributed by atoms with Crippen molar-refractivity contribution in [2.75, 3.05) is 25.0 Å². The summed E-state index contributed by atoms with van der Waals surface area (Å²) in [6.07, 6.45) is 1.35. The number of aliphatic hydroxyl groups excluding tert-OH is 1. The van der Waals surface area contributed by atoms with Crippen LogP contribution < -0.4 is 10.1 Å². The van der Waals surface area contributed by atoms with Crippen molar-refractivity contribution >= 4 is 17.5 Å². The van der Waals surface area contributed by atoms with E-state index >= 15 is 0 Å². The van der Waals surface area contributed by atoms with E-state index < -0.39 is 31.3 Å². The lowest BCUT2D eigenvalue weighted by Gasteiger charge is -2.34. The minimum absolute atomic E-state index is 0.0760. The topological polar surface area (TPSA) is 142 Å². The van der Waals surface area contributed by atoms with E-state index in [4.69, 9.17) is 9.84 Å². The molecule has 0 radical (unpaired) electrons. The van der Waals surface area contributed by atoms with Gasteiger partial charge in [0.15, 0.2) is 12.0 Å². The lowest BCUT2D eigenvalue weighted by Crippen LogP contribution is -2.50. The molecule has 0 spiro atoms. The van der Waals surface area contributed by atoms with Crippen molar-refractivity contribution in [1.82, 2.24) is 29.6 Å². The molecule has 11 nitrogen and oxygen atoms in total. The van der Waals surface area contributed by atoms with Gasteiger partial charge in [-0.15, -0.1) is 0 Å². The zero-order valence-corrected chi connectivity index (χ0v) is 18.1. The summed E-state index contributed by atoms with van der Waals surface area (Å²) in [4.78, 5) is 25.1. The maximum atomic E-state index is 14.6. The second kappa shape index (κ2) is 10.3. The minimum Gasteiger partial charge on any atom is -0.486 e. The van der Waals surface area contributed by atoms with Gasteiger partial charge in [0.1, 0.15) is 30.9 Å². The molecule has 2 aromatic heterocycles. The van der Waals surface area contributed by atoms with Crippen LogP contribution in [0.3, 0.4) is 0 Å². The number of nitriles is 1. The van der Waals surface area contributed by atoms with Crippen molar-refractivity contribution in [2.45, 2.75) is 25.2 Å². The Hall–Kier alpha value is -4.25. The van der Waals surface area contributed by atoms with Gasteiger partial charge in [-0.1, -0.05) is 0 Å². The molecule has 182 valence electrons. The number of anilines is 2. The Kier molecular flexibility index (Phi) is 7.06. The fraction of sp³-hybridized carbons (Fsp3) is 0.333. The normalized spacial score (nSPS) is 17.8. The number of rotatable bonds is 7. The van der Waals surface area contributed by atoms with Gasteiger partial charge < -0.3 is 20.1 Å². The minimum atomic E-state index is -2.78. The van der Waals surface area contributed by atoms with Crippen LogP contribution in [0.2, 0.25) is 0 Å². The smallest absolute Gasteiger partial charge is 0.333 e. The van der Waals surface area contributed by atoms with Crippen LogP contribution in [0.4, 0.5) is 24.8 Å². The number of alkyl halides is 3. The highest BCUT2D eigenvalue weighted by Gasteiger charge is 2.33. The number of nitrogens with zero attached hydrogens (tertiary/aromatic N) is 7. The van der Waals surface area contributed by atoms with Gasteiger partial charge in [-0.2, -0.15) is 24.1 Å². The van der Waals surface area contributed by atoms with Crippen LogP contribution in [0.5, 0.6) is 5.75 Å². The van der Waals surface area contributed by atoms with Gasteiger partial charge in [-0.05, 0) is 18.2 Å². The number of piperidine rings is 1. The maximum Gasteiger partial charge on any atom is 0.333 e. The number of aliphatic hydroxyl groups is 1. The van der Waals surface area contributed by atoms with E-state index in [1.807, 2.05) is 6.07 Å². The summed E-state index contributed by atoms with van der Waals surface area (Å²) in [5, 5.41) is 24.8. The third-order valence-electron chi connectivity index (χ3n) is 5.24. The van der Waals surface area contributed by atoms with E-state index in [0.717, 1.165) is 6.20 Å². The molecule has 2 atom stereocenters. The first-order valence-electron chi connectivity index (χ1n) is 10.4. The molecule has 0 bridgehead atoms. The summed E-state index contributed by atoms with van der Waals surface area (Å²) in [5.41, 5.74) is 0.816. The summed E-state index contributed by atoms with van der Waals surface area (Å²) in [7, 11) is 0. The summed E-state index contributed by atoms with van der Waals surface area (Å²) in [6.45, 7) is -3.46. The molecular formula is C21H19F3N8O3. The Labute approximate surface area is 196 Å². The standard InChI is InChI=1S/C21H19F3N8O3/c22-15-9-31(18(34)10-33)4-3-17(15)35-16-2-1-12(5-13(16)6-25)19-26-11-27-21(30-19)29-14-7-28-32(8-14)20(23)24/h1-2,5,7-8,11,15,17,20,33H,3-4,9-10H2,(H,26,27,29,30)/t15?,17-/m0/s1. The molecule has 1 aliphatic heterocycles. The lowest BCUT2D eigenvalue weighted by atomic mass is 10.0. The van der Waals surface area contributed by atoms with Gasteiger partial charge in [0.25, 0.3) is 0 Å². The molecule has 1 aliphatic rings. The van der Waals surface area contributed by atoms with Gasteiger partial charge in [0, 0.05) is 18.5 Å². The van der Waals surface area contributed by atoms with Crippen molar-refractivity contribution in [1.29, 1.82) is 5.26 Å². The molecular weight excluding hydrogens is 469 g/mol. The number of likely N-dealkylation sites (tertiary alicyclic amines) is 1. The van der Waals surface area contributed by atoms with E-state index in [1.165, 1.54) is 29.6 Å². The van der Waals surface area contributed by atoms with Gasteiger partial charge in [-0.3, -0.25) is 4.79 Å². The molecule has 1 amide bonds. The molecule has 1 saturated heterocycles. The number of carbonyl (C=O) groups excluding carboxylic acids is 1. The number of nitrogens with one attached hydrogen (secondary N) is 1. The first-order chi connectivity index (χ1) is 16.9. The largest absolute Gasteiger partial charge is 0.486 e. The fourth-order valence-electron chi connectivity index (χ4n) is 3.50. The number of ether oxygens (including phenoxy) is 1. The van der Waals surface area contributed by atoms with Crippen molar-refractivity contribution in [3.05, 3.63) is 42.5 Å². The third kappa shape index (κ3) is 5.46. The van der Waals surface area contributed by atoms with E-state index in [9.17, 15) is 23.2 Å². The number of halogens is 3. The summed E-state index contributed by atoms with van der Waals surface area (Å²) >= 11 is 0. The van der Waals surface area contributed by atoms with Crippen LogP contribution in [-0.4, -0.2) is 72.6 Å². The highest BCUT2D eigenvalue weighted by atomic mass is 19.3. The van der Waals surface area contributed by atoms with Crippen molar-refractivity contribution < 1.29 is 27.8 Å². The first kappa shape index (κ1) is 23.9. The molecule has 3 heterocycles. The van der Waals surface area contributed by atoms with Gasteiger partial charge >= 0.3 is 6.55 Å². The number of carbonyl (C=O) groups is 1. The van der Waals surface area contributed by atoms with E-state index in [2.05, 4.69) is 25.4 Å². The second-order valence-corrected chi connectivity index (χ2v) is 7.53. The highest BCUT2D eigenvalue weighted by Crippen LogP contribution is 2.28. The van der Waals surface area contributed by atoms with Gasteiger partial charge in [0.2, 0.25) is 11.9 Å². The molecule has 4 rings (SSSR count). The Morgan fingerprint density at radius 2 is 2.20 bits per heavy atom. The average molecular weight is 488 g/mol. The predicted molar refractivity (Wildman–Crippen MR) is 114 cm³/mol. The number of hydrogen-bond donors (Lipinski definition) is 2. The summed E-state index contributed by atoms with van der Waals surface area (Å²) in [6, 6.07) is 6.55. The molecule has 3 aromatic rings. The van der Waals surface area contributed by atoms with Gasteiger partial charge in [-0.25, -0.2) is 19.0 Å². The van der Waals surface area contributed by atoms with Crippen LogP contribution in [0.15, 0.2) is 36.9 Å². The van der Waals surface area contributed by atoms with Crippen LogP contribution in [0.25, 0.3) is 11.4 Å². The van der Waals surface area contributed by atoms with Crippen LogP contribution in [0, 0.1) is 11.3 Å². The predicted octanol–water partition coefficient (Wildman–Crippen LogP) is 2.06. The summed E-state index contributed by atoms with van der Waals surface area (Å²) < 4.78 is 46.2. The third-order valence-corrected chi connectivity index (χ3v) is 5.24. The zero-order valence-electron chi connectivity index (χ0n) is 18.1. The van der Waals surface area contributed by atoms with E-state index in [1.54, 1.807) is 6.07 Å². The Balaban J connectivity index is 1.48. The molecule has 0 saturated carbocycles. The van der Waals surface area contributed by atoms with E-state index in [-0.39, 0.29) is 48.3 Å². The van der Waals surface area contributed by atoms with Crippen LogP contribution in [-0.2, 0) is 4.79 Å². The quantitative estimate of drug-likeness (QED) is 0.511. The molecule has 0 aliphatic carbocycles. The first-order valence-corrected chi connectivity index (χ1v) is 10.4.